The summed E-state index contributed by atoms with van der Waals surface area (Å²) in [5.41, 5.74) is 3.43. The Kier molecular flexibility index (Phi) is 7.11. The van der Waals surface area contributed by atoms with Crippen molar-refractivity contribution in [3.63, 3.8) is 0 Å². The van der Waals surface area contributed by atoms with Crippen LogP contribution in [-0.4, -0.2) is 57.1 Å². The molecule has 2 aromatic rings. The zero-order valence-electron chi connectivity index (χ0n) is 16.3. The van der Waals surface area contributed by atoms with E-state index >= 15 is 0 Å². The molecular formula is C22H29N3O2. The normalized spacial score (nSPS) is 15.6. The number of nitrogens with zero attached hydrogens (tertiary/aromatic N) is 3. The first-order valence-corrected chi connectivity index (χ1v) is 9.65. The highest BCUT2D eigenvalue weighted by Crippen LogP contribution is 2.20. The lowest BCUT2D eigenvalue weighted by molar-refractivity contribution is 0.157. The lowest BCUT2D eigenvalue weighted by Gasteiger charge is -2.36. The summed E-state index contributed by atoms with van der Waals surface area (Å²) in [6, 6.07) is 18.6. The smallest absolute Gasteiger partial charge is 0.119 e. The third-order valence-electron chi connectivity index (χ3n) is 4.89. The fourth-order valence-electron chi connectivity index (χ4n) is 3.30. The lowest BCUT2D eigenvalue weighted by Crippen LogP contribution is -2.46. The maximum Gasteiger partial charge on any atom is 0.119 e. The van der Waals surface area contributed by atoms with Crippen molar-refractivity contribution in [2.24, 2.45) is 5.16 Å². The summed E-state index contributed by atoms with van der Waals surface area (Å²) in [6.45, 7) is 7.75. The van der Waals surface area contributed by atoms with Crippen LogP contribution in [0.15, 0.2) is 59.8 Å². The Morgan fingerprint density at radius 3 is 2.30 bits per heavy atom. The van der Waals surface area contributed by atoms with E-state index in [1.165, 1.54) is 5.69 Å². The standard InChI is InChI=1S/C22H29N3O2/c1-3-27-23-22(19-7-5-4-6-8-19)13-14-24-15-17-25(18-16-24)20-9-11-21(26-2)12-10-20/h4-12H,3,13-18H2,1-2H3/b23-22-. The van der Waals surface area contributed by atoms with Gasteiger partial charge >= 0.3 is 0 Å². The molecule has 5 heteroatoms. The molecule has 0 aromatic heterocycles. The maximum absolute atomic E-state index is 5.33. The summed E-state index contributed by atoms with van der Waals surface area (Å²) in [6.07, 6.45) is 0.895. The molecule has 0 atom stereocenters. The van der Waals surface area contributed by atoms with Crippen LogP contribution in [0.2, 0.25) is 0 Å². The van der Waals surface area contributed by atoms with Gasteiger partial charge in [0.15, 0.2) is 0 Å². The van der Waals surface area contributed by atoms with Crippen molar-refractivity contribution in [2.75, 3.05) is 51.3 Å². The number of hydrogen-bond donors (Lipinski definition) is 0. The summed E-state index contributed by atoms with van der Waals surface area (Å²) in [4.78, 5) is 10.3. The zero-order valence-corrected chi connectivity index (χ0v) is 16.3. The van der Waals surface area contributed by atoms with Gasteiger partial charge in [-0.25, -0.2) is 0 Å². The molecule has 144 valence electrons. The quantitative estimate of drug-likeness (QED) is 0.527. The first-order valence-electron chi connectivity index (χ1n) is 9.65. The molecule has 0 radical (unpaired) electrons. The lowest BCUT2D eigenvalue weighted by atomic mass is 10.1. The molecule has 0 bridgehead atoms. The fraction of sp³-hybridized carbons (Fsp3) is 0.409. The molecule has 0 N–H and O–H groups in total. The number of hydrogen-bond acceptors (Lipinski definition) is 5. The summed E-state index contributed by atoms with van der Waals surface area (Å²) in [7, 11) is 1.70. The predicted octanol–water partition coefficient (Wildman–Crippen LogP) is 3.65. The van der Waals surface area contributed by atoms with E-state index < -0.39 is 0 Å². The molecule has 0 aliphatic carbocycles. The Balaban J connectivity index is 1.51. The summed E-state index contributed by atoms with van der Waals surface area (Å²) in [5.74, 6) is 0.902. The van der Waals surface area contributed by atoms with E-state index in [1.807, 2.05) is 37.3 Å². The van der Waals surface area contributed by atoms with Crippen molar-refractivity contribution in [3.8, 4) is 5.75 Å². The largest absolute Gasteiger partial charge is 0.497 e. The van der Waals surface area contributed by atoms with Gasteiger partial charge in [-0.1, -0.05) is 35.5 Å². The minimum absolute atomic E-state index is 0.594. The fourth-order valence-corrected chi connectivity index (χ4v) is 3.30. The molecular weight excluding hydrogens is 338 g/mol. The second-order valence-corrected chi connectivity index (χ2v) is 6.60. The van der Waals surface area contributed by atoms with Gasteiger partial charge in [-0.15, -0.1) is 0 Å². The van der Waals surface area contributed by atoms with Gasteiger partial charge in [0, 0.05) is 44.8 Å². The number of anilines is 1. The number of rotatable bonds is 8. The van der Waals surface area contributed by atoms with Crippen LogP contribution in [-0.2, 0) is 4.84 Å². The van der Waals surface area contributed by atoms with E-state index in [1.54, 1.807) is 7.11 Å². The average Bonchev–Trinajstić information content (AvgIpc) is 2.75. The second kappa shape index (κ2) is 9.97. The first kappa shape index (κ1) is 19.2. The van der Waals surface area contributed by atoms with E-state index in [0.717, 1.165) is 56.2 Å². The van der Waals surface area contributed by atoms with Gasteiger partial charge in [0.2, 0.25) is 0 Å². The molecule has 0 spiro atoms. The third-order valence-corrected chi connectivity index (χ3v) is 4.89. The highest BCUT2D eigenvalue weighted by Gasteiger charge is 2.18. The van der Waals surface area contributed by atoms with Gasteiger partial charge in [0.25, 0.3) is 0 Å². The minimum atomic E-state index is 0.594. The van der Waals surface area contributed by atoms with Crippen LogP contribution in [0.25, 0.3) is 0 Å². The van der Waals surface area contributed by atoms with E-state index in [2.05, 4.69) is 39.2 Å². The molecule has 0 saturated carbocycles. The Labute approximate surface area is 162 Å². The van der Waals surface area contributed by atoms with Crippen LogP contribution in [0.4, 0.5) is 5.69 Å². The number of oxime groups is 1. The van der Waals surface area contributed by atoms with Gasteiger partial charge in [-0.05, 0) is 36.8 Å². The number of ether oxygens (including phenoxy) is 1. The van der Waals surface area contributed by atoms with Crippen molar-refractivity contribution < 1.29 is 9.57 Å². The summed E-state index contributed by atoms with van der Waals surface area (Å²) < 4.78 is 5.24. The molecule has 1 aliphatic rings. The van der Waals surface area contributed by atoms with E-state index in [4.69, 9.17) is 9.57 Å². The molecule has 1 aliphatic heterocycles. The highest BCUT2D eigenvalue weighted by molar-refractivity contribution is 6.00. The number of methoxy groups -OCH3 is 1. The molecule has 0 unspecified atom stereocenters. The molecule has 2 aromatic carbocycles. The monoisotopic (exact) mass is 367 g/mol. The summed E-state index contributed by atoms with van der Waals surface area (Å²) in [5, 5.41) is 4.34. The Morgan fingerprint density at radius 2 is 1.67 bits per heavy atom. The molecule has 3 rings (SSSR count). The van der Waals surface area contributed by atoms with Crippen LogP contribution < -0.4 is 9.64 Å². The van der Waals surface area contributed by atoms with Crippen LogP contribution in [0.5, 0.6) is 5.75 Å². The van der Waals surface area contributed by atoms with E-state index in [-0.39, 0.29) is 0 Å². The number of piperazine rings is 1. The first-order chi connectivity index (χ1) is 13.3. The number of benzene rings is 2. The van der Waals surface area contributed by atoms with Crippen molar-refractivity contribution in [3.05, 3.63) is 60.2 Å². The van der Waals surface area contributed by atoms with Crippen LogP contribution in [0.3, 0.4) is 0 Å². The SMILES string of the molecule is CCO/N=C(/CCN1CCN(c2ccc(OC)cc2)CC1)c1ccccc1. The van der Waals surface area contributed by atoms with Crippen molar-refractivity contribution in [1.82, 2.24) is 4.90 Å². The van der Waals surface area contributed by atoms with Gasteiger partial charge in [-0.3, -0.25) is 4.90 Å². The van der Waals surface area contributed by atoms with Crippen molar-refractivity contribution in [1.29, 1.82) is 0 Å². The van der Waals surface area contributed by atoms with Crippen LogP contribution in [0, 0.1) is 0 Å². The van der Waals surface area contributed by atoms with Gasteiger partial charge in [-0.2, -0.15) is 0 Å². The molecule has 5 nitrogen and oxygen atoms in total. The maximum atomic E-state index is 5.33. The van der Waals surface area contributed by atoms with Gasteiger partial charge in [0.1, 0.15) is 12.4 Å². The molecule has 1 saturated heterocycles. The van der Waals surface area contributed by atoms with Gasteiger partial charge < -0.3 is 14.5 Å². The topological polar surface area (TPSA) is 37.3 Å². The Hall–Kier alpha value is -2.53. The molecule has 1 fully saturated rings. The Bertz CT molecular complexity index is 708. The van der Waals surface area contributed by atoms with Crippen molar-refractivity contribution in [2.45, 2.75) is 13.3 Å². The van der Waals surface area contributed by atoms with Crippen LogP contribution in [0.1, 0.15) is 18.9 Å². The van der Waals surface area contributed by atoms with Crippen molar-refractivity contribution >= 4 is 11.4 Å². The highest BCUT2D eigenvalue weighted by atomic mass is 16.6. The Morgan fingerprint density at radius 1 is 0.963 bits per heavy atom. The van der Waals surface area contributed by atoms with Gasteiger partial charge in [0.05, 0.1) is 12.8 Å². The third kappa shape index (κ3) is 5.47. The predicted molar refractivity (Wildman–Crippen MR) is 111 cm³/mol. The second-order valence-electron chi connectivity index (χ2n) is 6.60. The van der Waals surface area contributed by atoms with E-state index in [0.29, 0.717) is 6.61 Å². The zero-order chi connectivity index (χ0) is 18.9. The average molecular weight is 367 g/mol. The summed E-state index contributed by atoms with van der Waals surface area (Å²) >= 11 is 0. The van der Waals surface area contributed by atoms with Crippen LogP contribution >= 0.6 is 0 Å². The minimum Gasteiger partial charge on any atom is -0.497 e. The molecule has 0 amide bonds. The molecule has 27 heavy (non-hydrogen) atoms. The van der Waals surface area contributed by atoms with E-state index in [9.17, 15) is 0 Å². The molecule has 1 heterocycles.